The maximum atomic E-state index is 11.7. The molecule has 0 aliphatic heterocycles. The molecule has 0 saturated heterocycles. The van der Waals surface area contributed by atoms with E-state index in [0.29, 0.717) is 37.4 Å². The molecule has 0 saturated carbocycles. The lowest BCUT2D eigenvalue weighted by Crippen LogP contribution is -2.24. The molecule has 1 amide bonds. The van der Waals surface area contributed by atoms with Crippen molar-refractivity contribution in [3.63, 3.8) is 0 Å². The Kier molecular flexibility index (Phi) is 8.08. The summed E-state index contributed by atoms with van der Waals surface area (Å²) >= 11 is 0. The summed E-state index contributed by atoms with van der Waals surface area (Å²) in [6.45, 7) is 4.03. The van der Waals surface area contributed by atoms with Gasteiger partial charge >= 0.3 is 5.97 Å². The Bertz CT molecular complexity index is 445. The van der Waals surface area contributed by atoms with Crippen LogP contribution in [0.5, 0.6) is 0 Å². The molecule has 21 heavy (non-hydrogen) atoms. The van der Waals surface area contributed by atoms with Crippen molar-refractivity contribution in [2.24, 2.45) is 0 Å². The van der Waals surface area contributed by atoms with Gasteiger partial charge in [0, 0.05) is 32.3 Å². The number of methoxy groups -OCH3 is 1. The van der Waals surface area contributed by atoms with E-state index in [-0.39, 0.29) is 11.9 Å². The Hall–Kier alpha value is -1.92. The van der Waals surface area contributed by atoms with Crippen LogP contribution in [0, 0.1) is 0 Å². The molecule has 1 aromatic rings. The molecule has 0 aromatic heterocycles. The van der Waals surface area contributed by atoms with Gasteiger partial charge in [0.15, 0.2) is 0 Å². The number of carbonyl (C=O) groups excluding carboxylic acids is 2. The van der Waals surface area contributed by atoms with E-state index in [2.05, 4.69) is 10.6 Å². The molecule has 116 valence electrons. The van der Waals surface area contributed by atoms with Crippen molar-refractivity contribution in [2.75, 3.05) is 38.7 Å². The zero-order valence-electron chi connectivity index (χ0n) is 12.5. The zero-order chi connectivity index (χ0) is 15.5. The number of carbonyl (C=O) groups is 2. The van der Waals surface area contributed by atoms with Gasteiger partial charge < -0.3 is 20.1 Å². The summed E-state index contributed by atoms with van der Waals surface area (Å²) in [5, 5.41) is 5.86. The molecule has 2 N–H and O–H groups in total. The highest BCUT2D eigenvalue weighted by atomic mass is 16.5. The van der Waals surface area contributed by atoms with Crippen LogP contribution in [0.2, 0.25) is 0 Å². The first-order chi connectivity index (χ1) is 10.2. The first-order valence-corrected chi connectivity index (χ1v) is 6.94. The molecule has 0 atom stereocenters. The Labute approximate surface area is 124 Å². The molecule has 0 aliphatic carbocycles. The minimum atomic E-state index is -0.363. The number of amides is 1. The third kappa shape index (κ3) is 6.87. The lowest BCUT2D eigenvalue weighted by molar-refractivity contribution is -0.116. The van der Waals surface area contributed by atoms with Crippen LogP contribution >= 0.6 is 0 Å². The number of nitrogens with one attached hydrogen (secondary N) is 2. The molecular weight excluding hydrogens is 272 g/mol. The summed E-state index contributed by atoms with van der Waals surface area (Å²) in [5.74, 6) is -0.443. The van der Waals surface area contributed by atoms with E-state index in [1.807, 2.05) is 0 Å². The van der Waals surface area contributed by atoms with E-state index in [9.17, 15) is 9.59 Å². The molecular formula is C15H22N2O4. The Morgan fingerprint density at radius 2 is 1.86 bits per heavy atom. The van der Waals surface area contributed by atoms with Crippen molar-refractivity contribution in [3.05, 3.63) is 29.8 Å². The second kappa shape index (κ2) is 9.90. The summed E-state index contributed by atoms with van der Waals surface area (Å²) < 4.78 is 9.78. The van der Waals surface area contributed by atoms with Crippen LogP contribution in [0.25, 0.3) is 0 Å². The summed E-state index contributed by atoms with van der Waals surface area (Å²) in [5.41, 5.74) is 1.13. The Morgan fingerprint density at radius 1 is 1.14 bits per heavy atom. The van der Waals surface area contributed by atoms with Gasteiger partial charge in [-0.2, -0.15) is 0 Å². The van der Waals surface area contributed by atoms with Crippen LogP contribution in [-0.2, 0) is 14.3 Å². The molecule has 0 unspecified atom stereocenters. The molecule has 0 bridgehead atoms. The second-order valence-electron chi connectivity index (χ2n) is 4.34. The van der Waals surface area contributed by atoms with Crippen LogP contribution in [-0.4, -0.2) is 45.3 Å². The molecule has 0 heterocycles. The van der Waals surface area contributed by atoms with Gasteiger partial charge in [-0.15, -0.1) is 0 Å². The van der Waals surface area contributed by atoms with Crippen LogP contribution in [0.1, 0.15) is 23.7 Å². The lowest BCUT2D eigenvalue weighted by Gasteiger charge is -2.07. The normalized spacial score (nSPS) is 10.2. The van der Waals surface area contributed by atoms with E-state index in [1.165, 1.54) is 0 Å². The number of anilines is 1. The highest BCUT2D eigenvalue weighted by Gasteiger charge is 2.07. The quantitative estimate of drug-likeness (QED) is 0.532. The molecule has 0 fully saturated rings. The van der Waals surface area contributed by atoms with Crippen molar-refractivity contribution in [1.82, 2.24) is 5.32 Å². The number of benzene rings is 1. The summed E-state index contributed by atoms with van der Waals surface area (Å²) in [6, 6.07) is 6.62. The third-order valence-corrected chi connectivity index (χ3v) is 2.69. The summed E-state index contributed by atoms with van der Waals surface area (Å²) in [6.07, 6.45) is 0.378. The van der Waals surface area contributed by atoms with E-state index >= 15 is 0 Å². The maximum Gasteiger partial charge on any atom is 0.338 e. The topological polar surface area (TPSA) is 76.7 Å². The van der Waals surface area contributed by atoms with Gasteiger partial charge in [-0.25, -0.2) is 4.79 Å². The Morgan fingerprint density at radius 3 is 2.48 bits per heavy atom. The second-order valence-corrected chi connectivity index (χ2v) is 4.34. The number of esters is 1. The van der Waals surface area contributed by atoms with Crippen LogP contribution in [0.4, 0.5) is 5.69 Å². The van der Waals surface area contributed by atoms with E-state index < -0.39 is 0 Å². The first kappa shape index (κ1) is 17.1. The molecule has 0 spiro atoms. The number of hydrogen-bond donors (Lipinski definition) is 2. The lowest BCUT2D eigenvalue weighted by atomic mass is 10.2. The monoisotopic (exact) mass is 294 g/mol. The Balaban J connectivity index is 2.34. The summed E-state index contributed by atoms with van der Waals surface area (Å²) in [4.78, 5) is 23.2. The largest absolute Gasteiger partial charge is 0.462 e. The van der Waals surface area contributed by atoms with Gasteiger partial charge in [-0.3, -0.25) is 4.79 Å². The van der Waals surface area contributed by atoms with Gasteiger partial charge in [-0.1, -0.05) is 0 Å². The zero-order valence-corrected chi connectivity index (χ0v) is 12.5. The van der Waals surface area contributed by atoms with Gasteiger partial charge in [0.25, 0.3) is 0 Å². The van der Waals surface area contributed by atoms with Crippen LogP contribution in [0.15, 0.2) is 24.3 Å². The average Bonchev–Trinajstić information content (AvgIpc) is 2.48. The minimum absolute atomic E-state index is 0.0798. The highest BCUT2D eigenvalue weighted by molar-refractivity contribution is 5.93. The number of ether oxygens (including phenoxy) is 2. The first-order valence-electron chi connectivity index (χ1n) is 6.94. The summed E-state index contributed by atoms with van der Waals surface area (Å²) in [7, 11) is 1.63. The average molecular weight is 294 g/mol. The molecule has 6 heteroatoms. The van der Waals surface area contributed by atoms with Gasteiger partial charge in [0.05, 0.1) is 18.8 Å². The molecule has 6 nitrogen and oxygen atoms in total. The SMILES string of the molecule is CCOC(=O)c1ccc(NC(=O)CCNCCOC)cc1. The smallest absolute Gasteiger partial charge is 0.338 e. The van der Waals surface area contributed by atoms with Crippen LogP contribution in [0.3, 0.4) is 0 Å². The molecule has 0 radical (unpaired) electrons. The third-order valence-electron chi connectivity index (χ3n) is 2.69. The van der Waals surface area contributed by atoms with Crippen molar-refractivity contribution in [2.45, 2.75) is 13.3 Å². The molecule has 0 aliphatic rings. The van der Waals surface area contributed by atoms with Gasteiger partial charge in [0.1, 0.15) is 0 Å². The fourth-order valence-corrected chi connectivity index (χ4v) is 1.63. The predicted molar refractivity (Wildman–Crippen MR) is 80.4 cm³/mol. The van der Waals surface area contributed by atoms with Gasteiger partial charge in [-0.05, 0) is 31.2 Å². The van der Waals surface area contributed by atoms with Crippen molar-refractivity contribution in [1.29, 1.82) is 0 Å². The van der Waals surface area contributed by atoms with E-state index in [1.54, 1.807) is 38.3 Å². The predicted octanol–water partition coefficient (Wildman–Crippen LogP) is 1.43. The fraction of sp³-hybridized carbons (Fsp3) is 0.467. The molecule has 1 rings (SSSR count). The van der Waals surface area contributed by atoms with Crippen LogP contribution < -0.4 is 10.6 Å². The van der Waals surface area contributed by atoms with Crippen molar-refractivity contribution >= 4 is 17.6 Å². The van der Waals surface area contributed by atoms with Crippen molar-refractivity contribution in [3.8, 4) is 0 Å². The number of rotatable bonds is 9. The van der Waals surface area contributed by atoms with E-state index in [0.717, 1.165) is 6.54 Å². The highest BCUT2D eigenvalue weighted by Crippen LogP contribution is 2.10. The fourth-order valence-electron chi connectivity index (χ4n) is 1.63. The molecule has 1 aromatic carbocycles. The standard InChI is InChI=1S/C15H22N2O4/c1-3-21-15(19)12-4-6-13(7-5-12)17-14(18)8-9-16-10-11-20-2/h4-7,16H,3,8-11H2,1-2H3,(H,17,18). The minimum Gasteiger partial charge on any atom is -0.462 e. The number of hydrogen-bond acceptors (Lipinski definition) is 5. The maximum absolute atomic E-state index is 11.7. The van der Waals surface area contributed by atoms with Gasteiger partial charge in [0.2, 0.25) is 5.91 Å². The van der Waals surface area contributed by atoms with Crippen molar-refractivity contribution < 1.29 is 19.1 Å². The van der Waals surface area contributed by atoms with E-state index in [4.69, 9.17) is 9.47 Å².